The number of methoxy groups -OCH3 is 1. The van der Waals surface area contributed by atoms with E-state index in [9.17, 15) is 0 Å². The van der Waals surface area contributed by atoms with Gasteiger partial charge in [0, 0.05) is 0 Å². The second kappa shape index (κ2) is 13.6. The van der Waals surface area contributed by atoms with E-state index in [0.717, 1.165) is 24.5 Å². The number of hydrogen-bond acceptors (Lipinski definition) is 2. The van der Waals surface area contributed by atoms with Gasteiger partial charge in [0.05, 0.1) is 19.6 Å². The zero-order valence-corrected chi connectivity index (χ0v) is 19.7. The highest BCUT2D eigenvalue weighted by Crippen LogP contribution is 2.32. The van der Waals surface area contributed by atoms with Crippen molar-refractivity contribution < 1.29 is 9.47 Å². The van der Waals surface area contributed by atoms with Crippen LogP contribution in [0, 0.1) is 5.92 Å². The lowest BCUT2D eigenvalue weighted by Crippen LogP contribution is -2.05. The van der Waals surface area contributed by atoms with Crippen molar-refractivity contribution in [3.8, 4) is 11.5 Å². The molecule has 3 rings (SSSR count). The molecule has 169 valence electrons. The summed E-state index contributed by atoms with van der Waals surface area (Å²) in [5.41, 5.74) is 3.55. The number of benzene rings is 3. The van der Waals surface area contributed by atoms with Gasteiger partial charge in [-0.05, 0) is 47.4 Å². The van der Waals surface area contributed by atoms with Crippen molar-refractivity contribution in [1.29, 1.82) is 0 Å². The van der Waals surface area contributed by atoms with Gasteiger partial charge in [0.2, 0.25) is 0 Å². The Labute approximate surface area is 194 Å². The molecule has 32 heavy (non-hydrogen) atoms. The molecule has 3 aromatic rings. The standard InChI is InChI=1S/C30H37O2/c1-3-4-5-6-7-8-9-13-24-32-29-22-18-27(19-23-29)30(25-14-11-10-12-15-25)26-16-20-28(31-2)21-17-26/h10-12,14-23H,3-9,13,24H2,1-2H3. The summed E-state index contributed by atoms with van der Waals surface area (Å²) < 4.78 is 11.3. The van der Waals surface area contributed by atoms with Gasteiger partial charge in [0.25, 0.3) is 0 Å². The minimum Gasteiger partial charge on any atom is -0.497 e. The Balaban J connectivity index is 1.56. The van der Waals surface area contributed by atoms with Crippen molar-refractivity contribution in [2.24, 2.45) is 0 Å². The predicted octanol–water partition coefficient (Wildman–Crippen LogP) is 8.23. The van der Waals surface area contributed by atoms with E-state index < -0.39 is 0 Å². The number of ether oxygens (including phenoxy) is 2. The van der Waals surface area contributed by atoms with E-state index in [4.69, 9.17) is 9.47 Å². The third kappa shape index (κ3) is 7.44. The molecule has 0 aromatic heterocycles. The normalized spacial score (nSPS) is 11.0. The van der Waals surface area contributed by atoms with Crippen LogP contribution in [0.2, 0.25) is 0 Å². The Morgan fingerprint density at radius 2 is 1.06 bits per heavy atom. The van der Waals surface area contributed by atoms with Crippen molar-refractivity contribution in [1.82, 2.24) is 0 Å². The van der Waals surface area contributed by atoms with E-state index in [1.54, 1.807) is 7.11 Å². The summed E-state index contributed by atoms with van der Waals surface area (Å²) in [6.45, 7) is 3.06. The maximum absolute atomic E-state index is 6.00. The van der Waals surface area contributed by atoms with E-state index in [1.165, 1.54) is 67.6 Å². The highest BCUT2D eigenvalue weighted by molar-refractivity contribution is 5.58. The van der Waals surface area contributed by atoms with Gasteiger partial charge in [-0.3, -0.25) is 0 Å². The second-order valence-corrected chi connectivity index (χ2v) is 8.32. The lowest BCUT2D eigenvalue weighted by molar-refractivity contribution is 0.304. The minimum absolute atomic E-state index is 0.794. The summed E-state index contributed by atoms with van der Waals surface area (Å²) in [5.74, 6) is 3.02. The predicted molar refractivity (Wildman–Crippen MR) is 135 cm³/mol. The molecular weight excluding hydrogens is 392 g/mol. The van der Waals surface area contributed by atoms with Crippen LogP contribution in [0.4, 0.5) is 0 Å². The van der Waals surface area contributed by atoms with Gasteiger partial charge in [-0.15, -0.1) is 0 Å². The van der Waals surface area contributed by atoms with Crippen LogP contribution in [0.1, 0.15) is 75.0 Å². The van der Waals surface area contributed by atoms with Crippen molar-refractivity contribution in [2.45, 2.75) is 58.3 Å². The van der Waals surface area contributed by atoms with Crippen LogP contribution in [-0.4, -0.2) is 13.7 Å². The molecule has 1 radical (unpaired) electrons. The van der Waals surface area contributed by atoms with Crippen LogP contribution in [0.5, 0.6) is 11.5 Å². The van der Waals surface area contributed by atoms with E-state index in [1.807, 2.05) is 12.1 Å². The molecule has 0 amide bonds. The first-order valence-electron chi connectivity index (χ1n) is 12.1. The van der Waals surface area contributed by atoms with Crippen molar-refractivity contribution >= 4 is 0 Å². The Morgan fingerprint density at radius 3 is 1.62 bits per heavy atom. The maximum Gasteiger partial charge on any atom is 0.119 e. The zero-order valence-electron chi connectivity index (χ0n) is 19.7. The summed E-state index contributed by atoms with van der Waals surface area (Å²) in [4.78, 5) is 0. The fourth-order valence-corrected chi connectivity index (χ4v) is 4.01. The van der Waals surface area contributed by atoms with Gasteiger partial charge in [-0.25, -0.2) is 0 Å². The molecule has 3 aromatic carbocycles. The summed E-state index contributed by atoms with van der Waals surface area (Å²) in [6, 6.07) is 27.3. The molecule has 0 aliphatic rings. The Morgan fingerprint density at radius 1 is 0.562 bits per heavy atom. The molecule has 0 unspecified atom stereocenters. The summed E-state index contributed by atoms with van der Waals surface area (Å²) in [6.07, 6.45) is 10.5. The molecule has 0 N–H and O–H groups in total. The first kappa shape index (κ1) is 23.9. The number of hydrogen-bond donors (Lipinski definition) is 0. The highest BCUT2D eigenvalue weighted by atomic mass is 16.5. The summed E-state index contributed by atoms with van der Waals surface area (Å²) >= 11 is 0. The molecule has 2 nitrogen and oxygen atoms in total. The molecule has 0 heterocycles. The van der Waals surface area contributed by atoms with E-state index in [0.29, 0.717) is 0 Å². The lowest BCUT2D eigenvalue weighted by Gasteiger charge is -2.19. The molecule has 0 spiro atoms. The Kier molecular flexibility index (Phi) is 10.2. The first-order chi connectivity index (χ1) is 15.8. The first-order valence-corrected chi connectivity index (χ1v) is 12.1. The van der Waals surface area contributed by atoms with Crippen LogP contribution in [0.15, 0.2) is 78.9 Å². The van der Waals surface area contributed by atoms with Crippen LogP contribution < -0.4 is 9.47 Å². The van der Waals surface area contributed by atoms with Gasteiger partial charge in [-0.1, -0.05) is 106 Å². The third-order valence-corrected chi connectivity index (χ3v) is 5.85. The maximum atomic E-state index is 6.00. The van der Waals surface area contributed by atoms with Gasteiger partial charge >= 0.3 is 0 Å². The minimum atomic E-state index is 0.794. The fourth-order valence-electron chi connectivity index (χ4n) is 4.01. The topological polar surface area (TPSA) is 18.5 Å². The smallest absolute Gasteiger partial charge is 0.119 e. The SMILES string of the molecule is CCCCCCCCCCOc1ccc([C](c2ccccc2)c2ccc(OC)cc2)cc1. The third-order valence-electron chi connectivity index (χ3n) is 5.85. The van der Waals surface area contributed by atoms with Crippen molar-refractivity contribution in [3.05, 3.63) is 101 Å². The fraction of sp³-hybridized carbons (Fsp3) is 0.367. The lowest BCUT2D eigenvalue weighted by atomic mass is 9.85. The van der Waals surface area contributed by atoms with Crippen LogP contribution in [0.25, 0.3) is 0 Å². The van der Waals surface area contributed by atoms with Crippen LogP contribution in [0.3, 0.4) is 0 Å². The van der Waals surface area contributed by atoms with Gasteiger partial charge in [0.15, 0.2) is 0 Å². The van der Waals surface area contributed by atoms with Crippen molar-refractivity contribution in [2.75, 3.05) is 13.7 Å². The largest absolute Gasteiger partial charge is 0.497 e. The number of rotatable bonds is 14. The van der Waals surface area contributed by atoms with Crippen LogP contribution in [-0.2, 0) is 0 Å². The summed E-state index contributed by atoms with van der Waals surface area (Å²) in [5, 5.41) is 0. The average molecular weight is 430 g/mol. The molecular formula is C30H37O2. The van der Waals surface area contributed by atoms with Gasteiger partial charge < -0.3 is 9.47 Å². The molecule has 0 fully saturated rings. The molecule has 0 aliphatic carbocycles. The van der Waals surface area contributed by atoms with Gasteiger partial charge in [-0.2, -0.15) is 0 Å². The summed E-state index contributed by atoms with van der Waals surface area (Å²) in [7, 11) is 1.70. The van der Waals surface area contributed by atoms with Crippen molar-refractivity contribution in [3.63, 3.8) is 0 Å². The monoisotopic (exact) mass is 429 g/mol. The molecule has 0 saturated carbocycles. The highest BCUT2D eigenvalue weighted by Gasteiger charge is 2.17. The van der Waals surface area contributed by atoms with E-state index >= 15 is 0 Å². The second-order valence-electron chi connectivity index (χ2n) is 8.32. The molecule has 2 heteroatoms. The Bertz CT molecular complexity index is 869. The van der Waals surface area contributed by atoms with Crippen LogP contribution >= 0.6 is 0 Å². The van der Waals surface area contributed by atoms with Gasteiger partial charge in [0.1, 0.15) is 11.5 Å². The molecule has 0 atom stereocenters. The molecule has 0 aliphatic heterocycles. The quantitative estimate of drug-likeness (QED) is 0.190. The Hall–Kier alpha value is -2.74. The zero-order chi connectivity index (χ0) is 22.4. The number of unbranched alkanes of at least 4 members (excludes halogenated alkanes) is 7. The molecule has 0 saturated heterocycles. The average Bonchev–Trinajstić information content (AvgIpc) is 2.85. The van der Waals surface area contributed by atoms with E-state index in [2.05, 4.69) is 73.7 Å². The van der Waals surface area contributed by atoms with E-state index in [-0.39, 0.29) is 0 Å². The molecule has 0 bridgehead atoms.